The number of benzene rings is 1. The van der Waals surface area contributed by atoms with E-state index in [9.17, 15) is 4.79 Å². The summed E-state index contributed by atoms with van der Waals surface area (Å²) < 4.78 is 1.91. The Hall–Kier alpha value is -2.58. The van der Waals surface area contributed by atoms with Crippen molar-refractivity contribution in [2.24, 2.45) is 0 Å². The molecule has 0 saturated carbocycles. The molecule has 5 heteroatoms. The first-order valence-electron chi connectivity index (χ1n) is 6.66. The van der Waals surface area contributed by atoms with Crippen molar-refractivity contribution in [1.82, 2.24) is 14.9 Å². The van der Waals surface area contributed by atoms with E-state index in [1.54, 1.807) is 30.7 Å². The molecule has 0 aliphatic carbocycles. The molecule has 0 aliphatic rings. The van der Waals surface area contributed by atoms with Crippen molar-refractivity contribution < 1.29 is 9.90 Å². The lowest BCUT2D eigenvalue weighted by Gasteiger charge is -2.15. The van der Waals surface area contributed by atoms with Gasteiger partial charge in [-0.1, -0.05) is 24.0 Å². The lowest BCUT2D eigenvalue weighted by atomic mass is 10.1. The Labute approximate surface area is 123 Å². The van der Waals surface area contributed by atoms with Gasteiger partial charge in [0.25, 0.3) is 5.91 Å². The molecule has 0 saturated heterocycles. The summed E-state index contributed by atoms with van der Waals surface area (Å²) in [5.41, 5.74) is 1.12. The van der Waals surface area contributed by atoms with Crippen LogP contribution in [0.1, 0.15) is 22.8 Å². The van der Waals surface area contributed by atoms with Gasteiger partial charge in [-0.2, -0.15) is 0 Å². The highest BCUT2D eigenvalue weighted by Gasteiger charge is 2.12. The van der Waals surface area contributed by atoms with Crippen LogP contribution in [0.5, 0.6) is 0 Å². The third kappa shape index (κ3) is 4.20. The molecule has 1 aromatic carbocycles. The minimum Gasteiger partial charge on any atom is -0.384 e. The van der Waals surface area contributed by atoms with Gasteiger partial charge in [0.15, 0.2) is 0 Å². The lowest BCUT2D eigenvalue weighted by Crippen LogP contribution is -2.35. The van der Waals surface area contributed by atoms with Crippen molar-refractivity contribution in [3.8, 4) is 11.8 Å². The molecule has 1 atom stereocenters. The van der Waals surface area contributed by atoms with E-state index < -0.39 is 0 Å². The number of aromatic nitrogens is 2. The third-order valence-corrected chi connectivity index (χ3v) is 2.90. The van der Waals surface area contributed by atoms with Crippen molar-refractivity contribution in [2.45, 2.75) is 19.5 Å². The number of hydrogen-bond acceptors (Lipinski definition) is 3. The van der Waals surface area contributed by atoms with Crippen LogP contribution in [0.4, 0.5) is 0 Å². The summed E-state index contributed by atoms with van der Waals surface area (Å²) in [6.45, 7) is 2.35. The fourth-order valence-corrected chi connectivity index (χ4v) is 1.98. The first-order valence-corrected chi connectivity index (χ1v) is 6.66. The third-order valence-electron chi connectivity index (χ3n) is 2.90. The molecule has 0 aliphatic heterocycles. The van der Waals surface area contributed by atoms with Crippen LogP contribution >= 0.6 is 0 Å². The zero-order chi connectivity index (χ0) is 15.1. The van der Waals surface area contributed by atoms with E-state index in [2.05, 4.69) is 22.1 Å². The summed E-state index contributed by atoms with van der Waals surface area (Å²) in [6.07, 6.45) is 5.26. The predicted octanol–water partition coefficient (Wildman–Crippen LogP) is 1.05. The maximum atomic E-state index is 12.3. The second-order valence-corrected chi connectivity index (χ2v) is 4.64. The number of aliphatic hydroxyl groups is 1. The van der Waals surface area contributed by atoms with Crippen LogP contribution in [-0.2, 0) is 6.54 Å². The van der Waals surface area contributed by atoms with Crippen LogP contribution in [-0.4, -0.2) is 33.2 Å². The topological polar surface area (TPSA) is 67.2 Å². The van der Waals surface area contributed by atoms with Crippen LogP contribution in [0, 0.1) is 11.8 Å². The molecular weight excluding hydrogens is 266 g/mol. The molecule has 2 N–H and O–H groups in total. The number of carbonyl (C=O) groups excluding carboxylic acids is 1. The van der Waals surface area contributed by atoms with E-state index >= 15 is 0 Å². The largest absolute Gasteiger partial charge is 0.384 e. The predicted molar refractivity (Wildman–Crippen MR) is 79.6 cm³/mol. The molecule has 108 valence electrons. The minimum absolute atomic E-state index is 0.0365. The number of nitrogens with zero attached hydrogens (tertiary/aromatic N) is 2. The molecule has 1 amide bonds. The average Bonchev–Trinajstić information content (AvgIpc) is 2.98. The highest BCUT2D eigenvalue weighted by Crippen LogP contribution is 2.08. The maximum absolute atomic E-state index is 12.3. The van der Waals surface area contributed by atoms with Crippen molar-refractivity contribution in [3.05, 3.63) is 54.1 Å². The first kappa shape index (κ1) is 14.8. The van der Waals surface area contributed by atoms with Gasteiger partial charge in [-0.25, -0.2) is 4.98 Å². The zero-order valence-electron chi connectivity index (χ0n) is 11.8. The lowest BCUT2D eigenvalue weighted by molar-refractivity contribution is 0.0936. The number of aliphatic hydroxyl groups excluding tert-OH is 1. The fourth-order valence-electron chi connectivity index (χ4n) is 1.98. The standard InChI is InChI=1S/C16H17N3O2/c1-13(11-19-9-8-17-12-19)18-16(21)15-7-3-2-5-14(15)6-4-10-20/h2-3,5,7-9,12-13,20H,10-11H2,1H3,(H,18,21). The number of rotatable bonds is 4. The zero-order valence-corrected chi connectivity index (χ0v) is 11.8. The smallest absolute Gasteiger partial charge is 0.252 e. The van der Waals surface area contributed by atoms with E-state index in [0.717, 1.165) is 0 Å². The summed E-state index contributed by atoms with van der Waals surface area (Å²) in [7, 11) is 0. The van der Waals surface area contributed by atoms with Gasteiger partial charge >= 0.3 is 0 Å². The molecular formula is C16H17N3O2. The molecule has 2 aromatic rings. The summed E-state index contributed by atoms with van der Waals surface area (Å²) >= 11 is 0. The van der Waals surface area contributed by atoms with Gasteiger partial charge in [0.1, 0.15) is 6.61 Å². The summed E-state index contributed by atoms with van der Waals surface area (Å²) in [5, 5.41) is 11.7. The summed E-state index contributed by atoms with van der Waals surface area (Å²) in [5.74, 6) is 5.17. The van der Waals surface area contributed by atoms with Crippen molar-refractivity contribution in [2.75, 3.05) is 6.61 Å². The normalized spacial score (nSPS) is 11.3. The first-order chi connectivity index (χ1) is 10.2. The summed E-state index contributed by atoms with van der Waals surface area (Å²) in [6, 6.07) is 7.05. The van der Waals surface area contributed by atoms with Crippen molar-refractivity contribution in [1.29, 1.82) is 0 Å². The van der Waals surface area contributed by atoms with E-state index in [-0.39, 0.29) is 18.6 Å². The number of amides is 1. The molecule has 0 fully saturated rings. The molecule has 0 bridgehead atoms. The molecule has 1 heterocycles. The van der Waals surface area contributed by atoms with Gasteiger partial charge in [0.05, 0.1) is 11.9 Å². The number of hydrogen-bond donors (Lipinski definition) is 2. The van der Waals surface area contributed by atoms with Gasteiger partial charge in [-0.15, -0.1) is 0 Å². The van der Waals surface area contributed by atoms with Gasteiger partial charge < -0.3 is 15.0 Å². The van der Waals surface area contributed by atoms with Gasteiger partial charge in [0.2, 0.25) is 0 Å². The van der Waals surface area contributed by atoms with E-state index in [1.165, 1.54) is 0 Å². The van der Waals surface area contributed by atoms with Crippen LogP contribution in [0.2, 0.25) is 0 Å². The Morgan fingerprint density at radius 2 is 2.29 bits per heavy atom. The molecule has 2 rings (SSSR count). The molecule has 1 unspecified atom stereocenters. The van der Waals surface area contributed by atoms with E-state index in [0.29, 0.717) is 17.7 Å². The van der Waals surface area contributed by atoms with E-state index in [4.69, 9.17) is 5.11 Å². The minimum atomic E-state index is -0.229. The molecule has 21 heavy (non-hydrogen) atoms. The number of carbonyl (C=O) groups is 1. The maximum Gasteiger partial charge on any atom is 0.252 e. The second kappa shape index (κ2) is 7.27. The van der Waals surface area contributed by atoms with Gasteiger partial charge in [-0.3, -0.25) is 4.79 Å². The Balaban J connectivity index is 2.06. The molecule has 1 aromatic heterocycles. The summed E-state index contributed by atoms with van der Waals surface area (Å²) in [4.78, 5) is 16.3. The Bertz CT molecular complexity index is 654. The van der Waals surface area contributed by atoms with Crippen LogP contribution in [0.15, 0.2) is 43.0 Å². The highest BCUT2D eigenvalue weighted by atomic mass is 16.2. The van der Waals surface area contributed by atoms with Gasteiger partial charge in [-0.05, 0) is 19.1 Å². The second-order valence-electron chi connectivity index (χ2n) is 4.64. The fraction of sp³-hybridized carbons (Fsp3) is 0.250. The van der Waals surface area contributed by atoms with Crippen LogP contribution in [0.3, 0.4) is 0 Å². The van der Waals surface area contributed by atoms with E-state index in [1.807, 2.05) is 23.8 Å². The van der Waals surface area contributed by atoms with Gasteiger partial charge in [0, 0.05) is 30.5 Å². The monoisotopic (exact) mass is 283 g/mol. The highest BCUT2D eigenvalue weighted by molar-refractivity contribution is 5.96. The SMILES string of the molecule is CC(Cn1ccnc1)NC(=O)c1ccccc1C#CCO. The number of imidazole rings is 1. The number of nitrogens with one attached hydrogen (secondary N) is 1. The molecule has 0 spiro atoms. The Kier molecular flexibility index (Phi) is 5.13. The molecule has 5 nitrogen and oxygen atoms in total. The Morgan fingerprint density at radius 3 is 3.00 bits per heavy atom. The van der Waals surface area contributed by atoms with Crippen LogP contribution < -0.4 is 5.32 Å². The van der Waals surface area contributed by atoms with Crippen molar-refractivity contribution >= 4 is 5.91 Å². The van der Waals surface area contributed by atoms with Crippen molar-refractivity contribution in [3.63, 3.8) is 0 Å². The Morgan fingerprint density at radius 1 is 1.48 bits per heavy atom. The average molecular weight is 283 g/mol. The quantitative estimate of drug-likeness (QED) is 0.824. The molecule has 0 radical (unpaired) electrons. The van der Waals surface area contributed by atoms with Crippen LogP contribution in [0.25, 0.3) is 0 Å².